The molecule has 0 bridgehead atoms. The van der Waals surface area contributed by atoms with Gasteiger partial charge in [-0.2, -0.15) is 4.99 Å². The van der Waals surface area contributed by atoms with Gasteiger partial charge in [-0.25, -0.2) is 0 Å². The number of hydrogen-bond acceptors (Lipinski definition) is 2. The van der Waals surface area contributed by atoms with Gasteiger partial charge in [0.05, 0.1) is 10.8 Å². The number of unbranched alkanes of at least 4 members (excludes halogenated alkanes) is 2. The van der Waals surface area contributed by atoms with E-state index in [1.165, 1.54) is 133 Å². The van der Waals surface area contributed by atoms with Crippen LogP contribution in [0.15, 0.2) is 53.5 Å². The SMILES string of the molecule is CCCCCc1ccc(C2CCCCC(CCc3ccc(N=C=S)cc3)(C3CCCCCCC3)CC2)cc1. The molecular weight excluding hydrogens is 478 g/mol. The molecule has 4 rings (SSSR count). The lowest BCUT2D eigenvalue weighted by Crippen LogP contribution is -2.34. The van der Waals surface area contributed by atoms with Crippen LogP contribution in [0.1, 0.15) is 139 Å². The molecule has 0 aliphatic heterocycles. The number of hydrogen-bond donors (Lipinski definition) is 0. The molecule has 206 valence electrons. The highest BCUT2D eigenvalue weighted by Crippen LogP contribution is 2.51. The van der Waals surface area contributed by atoms with Crippen LogP contribution in [-0.2, 0) is 12.8 Å². The van der Waals surface area contributed by atoms with Gasteiger partial charge in [-0.1, -0.05) is 101 Å². The maximum absolute atomic E-state index is 4.79. The van der Waals surface area contributed by atoms with E-state index in [9.17, 15) is 0 Å². The normalized spacial score (nSPS) is 23.4. The summed E-state index contributed by atoms with van der Waals surface area (Å²) < 4.78 is 0. The summed E-state index contributed by atoms with van der Waals surface area (Å²) in [5.41, 5.74) is 6.01. The fraction of sp³-hybridized carbons (Fsp3) is 0.639. The predicted octanol–water partition coefficient (Wildman–Crippen LogP) is 11.6. The lowest BCUT2D eigenvalue weighted by atomic mass is 9.60. The van der Waals surface area contributed by atoms with Crippen molar-refractivity contribution in [3.05, 3.63) is 65.2 Å². The Kier molecular flexibility index (Phi) is 12.1. The second kappa shape index (κ2) is 15.7. The molecule has 0 amide bonds. The van der Waals surface area contributed by atoms with E-state index in [2.05, 4.69) is 65.6 Å². The average molecular weight is 530 g/mol. The quantitative estimate of drug-likeness (QED) is 0.169. The molecule has 0 saturated heterocycles. The Labute approximate surface area is 238 Å². The fourth-order valence-electron chi connectivity index (χ4n) is 7.58. The van der Waals surface area contributed by atoms with Gasteiger partial charge >= 0.3 is 0 Å². The zero-order valence-electron chi connectivity index (χ0n) is 24.1. The van der Waals surface area contributed by atoms with Gasteiger partial charge in [-0.15, -0.1) is 0 Å². The minimum absolute atomic E-state index is 0.501. The molecule has 0 radical (unpaired) electrons. The van der Waals surface area contributed by atoms with E-state index in [1.807, 2.05) is 0 Å². The number of aryl methyl sites for hydroxylation is 2. The second-order valence-electron chi connectivity index (χ2n) is 12.5. The number of thiocarbonyl (C=S) groups is 1. The molecule has 1 nitrogen and oxygen atoms in total. The van der Waals surface area contributed by atoms with Crippen molar-refractivity contribution in [2.24, 2.45) is 16.3 Å². The van der Waals surface area contributed by atoms with E-state index in [0.717, 1.165) is 17.5 Å². The Morgan fingerprint density at radius 2 is 1.39 bits per heavy atom. The zero-order valence-corrected chi connectivity index (χ0v) is 24.9. The van der Waals surface area contributed by atoms with Crippen LogP contribution in [0.5, 0.6) is 0 Å². The minimum atomic E-state index is 0.501. The summed E-state index contributed by atoms with van der Waals surface area (Å²) >= 11 is 4.79. The molecule has 2 unspecified atom stereocenters. The molecule has 2 saturated carbocycles. The number of benzene rings is 2. The third kappa shape index (κ3) is 8.62. The maximum Gasteiger partial charge on any atom is 0.0739 e. The van der Waals surface area contributed by atoms with Crippen molar-refractivity contribution in [3.63, 3.8) is 0 Å². The molecule has 2 heteroatoms. The first-order chi connectivity index (χ1) is 18.7. The van der Waals surface area contributed by atoms with Crippen molar-refractivity contribution in [3.8, 4) is 0 Å². The molecule has 2 aromatic rings. The molecule has 38 heavy (non-hydrogen) atoms. The molecule has 2 aliphatic carbocycles. The van der Waals surface area contributed by atoms with Crippen molar-refractivity contribution in [1.29, 1.82) is 0 Å². The van der Waals surface area contributed by atoms with Gasteiger partial charge < -0.3 is 0 Å². The van der Waals surface area contributed by atoms with Crippen LogP contribution < -0.4 is 0 Å². The standard InChI is InChI=1S/C36H51NS/c1-2-3-7-12-30-16-20-33(21-17-30)32-13-10-11-26-36(28-25-32,34-14-8-5-4-6-9-15-34)27-24-31-18-22-35(23-19-31)37-29-38/h16-23,32,34H,2-15,24-28H2,1H3. The monoisotopic (exact) mass is 529 g/mol. The van der Waals surface area contributed by atoms with E-state index in [-0.39, 0.29) is 0 Å². The molecule has 2 aliphatic rings. The van der Waals surface area contributed by atoms with Crippen LogP contribution in [0.3, 0.4) is 0 Å². The van der Waals surface area contributed by atoms with Crippen LogP contribution in [-0.4, -0.2) is 5.16 Å². The smallest absolute Gasteiger partial charge is 0.0739 e. The first-order valence-corrected chi connectivity index (χ1v) is 16.4. The van der Waals surface area contributed by atoms with Gasteiger partial charge in [0.15, 0.2) is 0 Å². The Morgan fingerprint density at radius 3 is 2.11 bits per heavy atom. The summed E-state index contributed by atoms with van der Waals surface area (Å²) in [7, 11) is 0. The van der Waals surface area contributed by atoms with E-state index in [0.29, 0.717) is 5.41 Å². The zero-order chi connectivity index (χ0) is 26.5. The topological polar surface area (TPSA) is 12.4 Å². The number of isothiocyanates is 1. The van der Waals surface area contributed by atoms with Gasteiger partial charge in [0.1, 0.15) is 0 Å². The van der Waals surface area contributed by atoms with Gasteiger partial charge in [0.2, 0.25) is 0 Å². The molecule has 0 heterocycles. The van der Waals surface area contributed by atoms with Crippen molar-refractivity contribution in [2.75, 3.05) is 0 Å². The van der Waals surface area contributed by atoms with Crippen LogP contribution in [0.2, 0.25) is 0 Å². The summed E-state index contributed by atoms with van der Waals surface area (Å²) in [6, 6.07) is 18.6. The first-order valence-electron chi connectivity index (χ1n) is 16.0. The highest BCUT2D eigenvalue weighted by molar-refractivity contribution is 7.78. The van der Waals surface area contributed by atoms with Gasteiger partial charge in [-0.05, 0) is 122 Å². The van der Waals surface area contributed by atoms with Crippen LogP contribution >= 0.6 is 12.2 Å². The summed E-state index contributed by atoms with van der Waals surface area (Å²) in [4.78, 5) is 4.15. The number of rotatable bonds is 10. The molecule has 2 aromatic carbocycles. The van der Waals surface area contributed by atoms with Crippen molar-refractivity contribution >= 4 is 23.1 Å². The molecule has 0 N–H and O–H groups in total. The molecule has 2 atom stereocenters. The number of aliphatic imine (C=N–C) groups is 1. The Balaban J connectivity index is 1.48. The van der Waals surface area contributed by atoms with Crippen molar-refractivity contribution in [1.82, 2.24) is 0 Å². The first kappa shape index (κ1) is 29.2. The average Bonchev–Trinajstić information content (AvgIpc) is 2.91. The molecule has 0 aromatic heterocycles. The molecule has 0 spiro atoms. The fourth-order valence-corrected chi connectivity index (χ4v) is 7.69. The summed E-state index contributed by atoms with van der Waals surface area (Å²) in [5, 5.41) is 2.50. The Hall–Kier alpha value is -1.76. The Morgan fingerprint density at radius 1 is 0.737 bits per heavy atom. The van der Waals surface area contributed by atoms with Crippen LogP contribution in [0.4, 0.5) is 5.69 Å². The van der Waals surface area contributed by atoms with Gasteiger partial charge in [-0.3, -0.25) is 0 Å². The third-order valence-corrected chi connectivity index (χ3v) is 10.1. The highest BCUT2D eigenvalue weighted by Gasteiger charge is 2.38. The van der Waals surface area contributed by atoms with Crippen LogP contribution in [0, 0.1) is 11.3 Å². The molecular formula is C36H51NS. The van der Waals surface area contributed by atoms with E-state index >= 15 is 0 Å². The van der Waals surface area contributed by atoms with E-state index < -0.39 is 0 Å². The van der Waals surface area contributed by atoms with Crippen molar-refractivity contribution < 1.29 is 0 Å². The van der Waals surface area contributed by atoms with E-state index in [1.54, 1.807) is 5.56 Å². The molecule has 2 fully saturated rings. The minimum Gasteiger partial charge on any atom is -0.195 e. The highest BCUT2D eigenvalue weighted by atomic mass is 32.1. The second-order valence-corrected chi connectivity index (χ2v) is 12.6. The van der Waals surface area contributed by atoms with Crippen LogP contribution in [0.25, 0.3) is 0 Å². The van der Waals surface area contributed by atoms with Gasteiger partial charge in [0.25, 0.3) is 0 Å². The lowest BCUT2D eigenvalue weighted by Gasteiger charge is -2.45. The number of nitrogens with zero attached hydrogens (tertiary/aromatic N) is 1. The third-order valence-electron chi connectivity index (χ3n) is 9.98. The summed E-state index contributed by atoms with van der Waals surface area (Å²) in [6.45, 7) is 2.29. The van der Waals surface area contributed by atoms with Gasteiger partial charge in [0, 0.05) is 0 Å². The lowest BCUT2D eigenvalue weighted by molar-refractivity contribution is 0.0739. The van der Waals surface area contributed by atoms with Crippen molar-refractivity contribution in [2.45, 2.75) is 135 Å². The largest absolute Gasteiger partial charge is 0.195 e. The Bertz CT molecular complexity index is 979. The predicted molar refractivity (Wildman–Crippen MR) is 168 cm³/mol. The van der Waals surface area contributed by atoms with E-state index in [4.69, 9.17) is 12.2 Å². The summed E-state index contributed by atoms with van der Waals surface area (Å²) in [6.07, 6.45) is 26.3. The summed E-state index contributed by atoms with van der Waals surface area (Å²) in [5.74, 6) is 1.64. The maximum atomic E-state index is 4.79.